The van der Waals surface area contributed by atoms with Gasteiger partial charge < -0.3 is 20.1 Å². The van der Waals surface area contributed by atoms with E-state index in [1.165, 1.54) is 31.4 Å². The van der Waals surface area contributed by atoms with Gasteiger partial charge in [-0.2, -0.15) is 0 Å². The minimum Gasteiger partial charge on any atom is -0.469 e. The average Bonchev–Trinajstić information content (AvgIpc) is 3.16. The van der Waals surface area contributed by atoms with E-state index in [0.717, 1.165) is 7.11 Å². The lowest BCUT2D eigenvalue weighted by Gasteiger charge is -2.27. The van der Waals surface area contributed by atoms with E-state index in [0.29, 0.717) is 5.56 Å². The summed E-state index contributed by atoms with van der Waals surface area (Å²) in [5, 5.41) is 15.9. The highest BCUT2D eigenvalue weighted by atomic mass is 16.6. The van der Waals surface area contributed by atoms with E-state index in [-0.39, 0.29) is 30.9 Å². The predicted octanol–water partition coefficient (Wildman–Crippen LogP) is 0.178. The molecule has 1 saturated heterocycles. The highest BCUT2D eigenvalue weighted by Gasteiger charge is 2.37. The summed E-state index contributed by atoms with van der Waals surface area (Å²) in [5.74, 6) is -3.23. The van der Waals surface area contributed by atoms with Crippen molar-refractivity contribution in [2.24, 2.45) is 0 Å². The number of carbonyl (C=O) groups is 4. The number of non-ortho nitro benzene ring substituents is 1. The fourth-order valence-electron chi connectivity index (χ4n) is 3.05. The van der Waals surface area contributed by atoms with Gasteiger partial charge in [-0.15, -0.1) is 0 Å². The van der Waals surface area contributed by atoms with Crippen LogP contribution in [0.25, 0.3) is 0 Å². The molecule has 1 heterocycles. The van der Waals surface area contributed by atoms with Crippen molar-refractivity contribution >= 4 is 29.4 Å². The number of nitro benzene ring substituents is 1. The molecule has 3 atom stereocenters. The number of ether oxygens (including phenoxy) is 2. The monoisotopic (exact) mass is 407 g/mol. The number of methoxy groups -OCH3 is 2. The lowest BCUT2D eigenvalue weighted by Crippen LogP contribution is -2.51. The molecule has 1 aliphatic heterocycles. The number of rotatable bonds is 8. The van der Waals surface area contributed by atoms with E-state index < -0.39 is 40.8 Å². The molecule has 0 saturated carbocycles. The molecule has 156 valence electrons. The van der Waals surface area contributed by atoms with Gasteiger partial charge in [-0.1, -0.05) is 12.1 Å². The van der Waals surface area contributed by atoms with E-state index in [4.69, 9.17) is 4.74 Å². The van der Waals surface area contributed by atoms with Gasteiger partial charge in [0.2, 0.25) is 11.8 Å². The highest BCUT2D eigenvalue weighted by Crippen LogP contribution is 2.27. The molecule has 0 aromatic heterocycles. The van der Waals surface area contributed by atoms with Gasteiger partial charge >= 0.3 is 11.9 Å². The van der Waals surface area contributed by atoms with E-state index in [1.54, 1.807) is 0 Å². The number of nitro groups is 1. The normalized spacial score (nSPS) is 17.6. The molecule has 0 bridgehead atoms. The summed E-state index contributed by atoms with van der Waals surface area (Å²) in [6.45, 7) is 0. The fourth-order valence-corrected chi connectivity index (χ4v) is 3.05. The minimum absolute atomic E-state index is 0.169. The molecule has 1 aromatic carbocycles. The molecule has 0 unspecified atom stereocenters. The van der Waals surface area contributed by atoms with Crippen molar-refractivity contribution in [3.63, 3.8) is 0 Å². The van der Waals surface area contributed by atoms with Crippen molar-refractivity contribution in [2.45, 2.75) is 37.3 Å². The average molecular weight is 407 g/mol. The molecule has 0 aliphatic carbocycles. The first kappa shape index (κ1) is 21.8. The summed E-state index contributed by atoms with van der Waals surface area (Å²) in [5.41, 5.74) is 0.227. The fraction of sp³-hybridized carbons (Fsp3) is 0.444. The van der Waals surface area contributed by atoms with Gasteiger partial charge in [-0.3, -0.25) is 24.5 Å². The molecular formula is C18H21N3O8. The Morgan fingerprint density at radius 2 is 1.90 bits per heavy atom. The van der Waals surface area contributed by atoms with Crippen molar-refractivity contribution in [2.75, 3.05) is 14.2 Å². The van der Waals surface area contributed by atoms with Gasteiger partial charge in [0.15, 0.2) is 0 Å². The van der Waals surface area contributed by atoms with Crippen LogP contribution in [-0.2, 0) is 28.7 Å². The molecule has 29 heavy (non-hydrogen) atoms. The lowest BCUT2D eigenvalue weighted by molar-refractivity contribution is -0.384. The molecule has 11 nitrogen and oxygen atoms in total. The lowest BCUT2D eigenvalue weighted by atomic mass is 9.88. The van der Waals surface area contributed by atoms with Crippen LogP contribution in [0.2, 0.25) is 0 Å². The van der Waals surface area contributed by atoms with Crippen LogP contribution < -0.4 is 10.6 Å². The third kappa shape index (κ3) is 5.50. The van der Waals surface area contributed by atoms with Crippen LogP contribution in [0.3, 0.4) is 0 Å². The molecule has 0 spiro atoms. The summed E-state index contributed by atoms with van der Waals surface area (Å²) in [4.78, 5) is 58.5. The Morgan fingerprint density at radius 3 is 2.38 bits per heavy atom. The van der Waals surface area contributed by atoms with E-state index in [1.807, 2.05) is 0 Å². The van der Waals surface area contributed by atoms with Gasteiger partial charge in [0.05, 0.1) is 25.6 Å². The Balaban J connectivity index is 2.34. The Kier molecular flexibility index (Phi) is 7.23. The van der Waals surface area contributed by atoms with Crippen LogP contribution in [0.1, 0.15) is 30.7 Å². The third-order valence-electron chi connectivity index (χ3n) is 4.61. The van der Waals surface area contributed by atoms with Crippen molar-refractivity contribution in [3.8, 4) is 0 Å². The topological polar surface area (TPSA) is 154 Å². The second kappa shape index (κ2) is 9.62. The van der Waals surface area contributed by atoms with Gasteiger partial charge in [0, 0.05) is 24.5 Å². The first-order valence-corrected chi connectivity index (χ1v) is 8.75. The van der Waals surface area contributed by atoms with Crippen molar-refractivity contribution in [3.05, 3.63) is 39.9 Å². The maximum absolute atomic E-state index is 12.5. The number of amides is 2. The zero-order valence-electron chi connectivity index (χ0n) is 15.9. The quantitative estimate of drug-likeness (QED) is 0.351. The van der Waals surface area contributed by atoms with E-state index in [9.17, 15) is 29.3 Å². The maximum atomic E-state index is 12.5. The Hall–Kier alpha value is -3.50. The first-order chi connectivity index (χ1) is 13.8. The van der Waals surface area contributed by atoms with Crippen LogP contribution in [0.15, 0.2) is 24.3 Å². The maximum Gasteiger partial charge on any atom is 0.329 e. The minimum atomic E-state index is -1.27. The number of hydrogen-bond acceptors (Lipinski definition) is 8. The zero-order chi connectivity index (χ0) is 21.6. The van der Waals surface area contributed by atoms with Crippen molar-refractivity contribution in [1.29, 1.82) is 0 Å². The molecule has 1 aromatic rings. The molecule has 1 aliphatic rings. The zero-order valence-corrected chi connectivity index (χ0v) is 15.9. The summed E-state index contributed by atoms with van der Waals surface area (Å²) in [7, 11) is 2.30. The van der Waals surface area contributed by atoms with Gasteiger partial charge in [0.1, 0.15) is 12.1 Å². The molecule has 2 amide bonds. The number of benzene rings is 1. The van der Waals surface area contributed by atoms with Crippen LogP contribution in [0.4, 0.5) is 5.69 Å². The summed E-state index contributed by atoms with van der Waals surface area (Å²) in [6, 6.07) is 3.17. The summed E-state index contributed by atoms with van der Waals surface area (Å²) >= 11 is 0. The standard InChI is InChI=1S/C18H21N3O8/c1-28-15(23)9-12(10-3-5-11(6-4-10)21(26)27)16(18(25)29-2)20-17(24)13-7-8-14(22)19-13/h3-6,12-13,16H,7-9H2,1-2H3,(H,19,22)(H,20,24)/t12-,13-,16-/m0/s1. The first-order valence-electron chi connectivity index (χ1n) is 8.75. The molecule has 1 fully saturated rings. The number of hydrogen-bond donors (Lipinski definition) is 2. The number of carbonyl (C=O) groups excluding carboxylic acids is 4. The van der Waals surface area contributed by atoms with Crippen LogP contribution >= 0.6 is 0 Å². The van der Waals surface area contributed by atoms with Gasteiger partial charge in [0.25, 0.3) is 5.69 Å². The van der Waals surface area contributed by atoms with Crippen LogP contribution in [0.5, 0.6) is 0 Å². The molecule has 2 N–H and O–H groups in total. The smallest absolute Gasteiger partial charge is 0.329 e. The SMILES string of the molecule is COC(=O)C[C@@H](c1ccc([N+](=O)[O-])cc1)[C@H](NC(=O)[C@@H]1CCC(=O)N1)C(=O)OC. The Morgan fingerprint density at radius 1 is 1.24 bits per heavy atom. The predicted molar refractivity (Wildman–Crippen MR) is 97.6 cm³/mol. The van der Waals surface area contributed by atoms with Crippen molar-refractivity contribution < 1.29 is 33.6 Å². The van der Waals surface area contributed by atoms with Crippen LogP contribution in [-0.4, -0.2) is 55.0 Å². The summed E-state index contributed by atoms with van der Waals surface area (Å²) in [6.07, 6.45) is 0.179. The molecular weight excluding hydrogens is 386 g/mol. The van der Waals surface area contributed by atoms with Gasteiger partial charge in [-0.25, -0.2) is 4.79 Å². The molecule has 11 heteroatoms. The molecule has 2 rings (SSSR count). The van der Waals surface area contributed by atoms with Gasteiger partial charge in [-0.05, 0) is 12.0 Å². The Bertz CT molecular complexity index is 808. The number of nitrogens with zero attached hydrogens (tertiary/aromatic N) is 1. The second-order valence-electron chi connectivity index (χ2n) is 6.40. The Labute approximate surface area is 165 Å². The summed E-state index contributed by atoms with van der Waals surface area (Å²) < 4.78 is 9.45. The van der Waals surface area contributed by atoms with Crippen molar-refractivity contribution in [1.82, 2.24) is 10.6 Å². The van der Waals surface area contributed by atoms with E-state index in [2.05, 4.69) is 15.4 Å². The third-order valence-corrected chi connectivity index (χ3v) is 4.61. The highest BCUT2D eigenvalue weighted by molar-refractivity contribution is 5.93. The van der Waals surface area contributed by atoms with Crippen LogP contribution in [0, 0.1) is 10.1 Å². The molecule has 0 radical (unpaired) electrons. The largest absolute Gasteiger partial charge is 0.469 e. The second-order valence-corrected chi connectivity index (χ2v) is 6.40. The van der Waals surface area contributed by atoms with E-state index >= 15 is 0 Å². The number of esters is 2. The number of nitrogens with one attached hydrogen (secondary N) is 2.